The van der Waals surface area contributed by atoms with Gasteiger partial charge in [0, 0.05) is 24.5 Å². The number of nitrogens with two attached hydrogens (primary N) is 1. The summed E-state index contributed by atoms with van der Waals surface area (Å²) in [4.78, 5) is 33.2. The van der Waals surface area contributed by atoms with Crippen LogP contribution in [0, 0.1) is 11.8 Å². The number of thiazole rings is 1. The van der Waals surface area contributed by atoms with Crippen molar-refractivity contribution >= 4 is 40.2 Å². The summed E-state index contributed by atoms with van der Waals surface area (Å²) in [5.41, 5.74) is 10.3. The van der Waals surface area contributed by atoms with Gasteiger partial charge in [-0.3, -0.25) is 18.8 Å². The smallest absolute Gasteiger partial charge is 0.267 e. The van der Waals surface area contributed by atoms with Gasteiger partial charge in [-0.2, -0.15) is 5.10 Å². The maximum atomic E-state index is 13.6. The average Bonchev–Trinajstić information content (AvgIpc) is 3.61. The number of rotatable bonds is 7. The van der Waals surface area contributed by atoms with Gasteiger partial charge in [-0.15, -0.1) is 17.9 Å². The van der Waals surface area contributed by atoms with Crippen molar-refractivity contribution in [2.24, 2.45) is 7.05 Å². The van der Waals surface area contributed by atoms with Crippen LogP contribution in [0.15, 0.2) is 76.9 Å². The van der Waals surface area contributed by atoms with Gasteiger partial charge in [0.2, 0.25) is 0 Å². The zero-order chi connectivity index (χ0) is 29.4. The molecule has 2 aromatic carbocycles. The van der Waals surface area contributed by atoms with Crippen molar-refractivity contribution in [2.75, 3.05) is 24.6 Å². The van der Waals surface area contributed by atoms with E-state index in [0.29, 0.717) is 52.2 Å². The van der Waals surface area contributed by atoms with Gasteiger partial charge in [0.15, 0.2) is 12.1 Å². The number of aryl methyl sites for hydroxylation is 1. The van der Waals surface area contributed by atoms with Crippen LogP contribution in [0.3, 0.4) is 0 Å². The van der Waals surface area contributed by atoms with Gasteiger partial charge >= 0.3 is 0 Å². The predicted octanol–water partition coefficient (Wildman–Crippen LogP) is 3.94. The number of nitrogen functional groups attached to an aromatic ring is 1. The highest BCUT2D eigenvalue weighted by atomic mass is 32.1. The quantitative estimate of drug-likeness (QED) is 0.153. The Morgan fingerprint density at radius 3 is 2.61 bits per heavy atom. The van der Waals surface area contributed by atoms with E-state index in [1.165, 1.54) is 16.0 Å². The fourth-order valence-electron chi connectivity index (χ4n) is 4.06. The molecule has 11 heteroatoms. The Hall–Kier alpha value is -5.05. The molecule has 5 rings (SSSR count). The summed E-state index contributed by atoms with van der Waals surface area (Å²) in [6.45, 7) is 6.11. The second kappa shape index (κ2) is 13.3. The lowest BCUT2D eigenvalue weighted by Crippen LogP contribution is -2.29. The molecule has 3 heterocycles. The lowest BCUT2D eigenvalue weighted by atomic mass is 10.1. The van der Waals surface area contributed by atoms with Crippen LogP contribution < -0.4 is 21.9 Å². The molecular weight excluding hydrogens is 536 g/mol. The van der Waals surface area contributed by atoms with Crippen LogP contribution in [0.5, 0.6) is 0 Å². The van der Waals surface area contributed by atoms with Crippen LogP contribution >= 0.6 is 11.3 Å². The second-order valence-corrected chi connectivity index (χ2v) is 9.56. The molecular formula is C30H30N8O2S. The number of fused-ring (bicyclic) bond motifs is 1. The van der Waals surface area contributed by atoms with Crippen LogP contribution in [-0.4, -0.2) is 44.2 Å². The highest BCUT2D eigenvalue weighted by Gasteiger charge is 2.18. The van der Waals surface area contributed by atoms with Crippen LogP contribution in [0.25, 0.3) is 16.6 Å². The Morgan fingerprint density at radius 1 is 1.17 bits per heavy atom. The van der Waals surface area contributed by atoms with Crippen molar-refractivity contribution in [3.05, 3.63) is 105 Å². The minimum Gasteiger partial charge on any atom is -0.382 e. The third-order valence-electron chi connectivity index (χ3n) is 6.16. The highest BCUT2D eigenvalue weighted by Crippen LogP contribution is 2.20. The number of benzene rings is 2. The fourth-order valence-corrected chi connectivity index (χ4v) is 4.54. The Balaban J connectivity index is 0.000000251. The van der Waals surface area contributed by atoms with E-state index in [0.717, 1.165) is 5.69 Å². The SMILES string of the molecule is C=CCNc1c(C=O)c(N)nn1C.CNC(C)c1nc2cccc(C#Cc3cscn3)c2c(=O)n1-c1ccccc1. The molecule has 0 spiro atoms. The molecule has 0 saturated carbocycles. The Labute approximate surface area is 241 Å². The van der Waals surface area contributed by atoms with Crippen molar-refractivity contribution in [2.45, 2.75) is 13.0 Å². The molecule has 3 aromatic heterocycles. The summed E-state index contributed by atoms with van der Waals surface area (Å²) in [7, 11) is 3.57. The first-order valence-electron chi connectivity index (χ1n) is 12.7. The maximum absolute atomic E-state index is 13.6. The van der Waals surface area contributed by atoms with E-state index < -0.39 is 0 Å². The number of nitrogens with zero attached hydrogens (tertiary/aromatic N) is 5. The molecule has 0 radical (unpaired) electrons. The molecule has 0 bridgehead atoms. The zero-order valence-corrected chi connectivity index (χ0v) is 23.8. The molecule has 1 atom stereocenters. The van der Waals surface area contributed by atoms with Gasteiger partial charge < -0.3 is 16.4 Å². The van der Waals surface area contributed by atoms with Crippen molar-refractivity contribution in [1.82, 2.24) is 29.6 Å². The van der Waals surface area contributed by atoms with E-state index in [2.05, 4.69) is 39.1 Å². The first kappa shape index (κ1) is 28.9. The lowest BCUT2D eigenvalue weighted by molar-refractivity contribution is 0.112. The van der Waals surface area contributed by atoms with Gasteiger partial charge in [0.05, 0.1) is 28.1 Å². The summed E-state index contributed by atoms with van der Waals surface area (Å²) in [5, 5.41) is 12.5. The third-order valence-corrected chi connectivity index (χ3v) is 6.75. The van der Waals surface area contributed by atoms with E-state index in [9.17, 15) is 9.59 Å². The molecule has 4 N–H and O–H groups in total. The molecule has 208 valence electrons. The molecule has 0 aliphatic rings. The number of carbonyl (C=O) groups is 1. The van der Waals surface area contributed by atoms with E-state index in [1.807, 2.05) is 67.9 Å². The Bertz CT molecular complexity index is 1780. The average molecular weight is 567 g/mol. The van der Waals surface area contributed by atoms with Gasteiger partial charge in [-0.05, 0) is 44.2 Å². The Morgan fingerprint density at radius 2 is 1.95 bits per heavy atom. The standard InChI is InChI=1S/C22H18N4OS.C8H12N4O/c1-15(23-2)21-25-19-10-6-7-16(11-12-17-13-28-14-24-17)20(19)22(27)26(21)18-8-4-3-5-9-18;1-3-4-10-8-6(5-13)7(9)11-12(8)2/h3-10,13-15,23H,1-2H3;3,5,10H,1,4H2,2H3,(H2,9,11). The van der Waals surface area contributed by atoms with Gasteiger partial charge in [0.25, 0.3) is 5.56 Å². The molecule has 0 fully saturated rings. The predicted molar refractivity (Wildman–Crippen MR) is 165 cm³/mol. The summed E-state index contributed by atoms with van der Waals surface area (Å²) in [5.74, 6) is 7.65. The van der Waals surface area contributed by atoms with Crippen molar-refractivity contribution in [1.29, 1.82) is 0 Å². The van der Waals surface area contributed by atoms with Crippen LogP contribution in [0.1, 0.15) is 40.4 Å². The van der Waals surface area contributed by atoms with Gasteiger partial charge in [-0.25, -0.2) is 9.97 Å². The number of para-hydroxylation sites is 1. The highest BCUT2D eigenvalue weighted by molar-refractivity contribution is 7.07. The minimum atomic E-state index is -0.128. The number of aromatic nitrogens is 5. The van der Waals surface area contributed by atoms with Crippen LogP contribution in [0.2, 0.25) is 0 Å². The largest absolute Gasteiger partial charge is 0.382 e. The molecule has 0 aliphatic heterocycles. The Kier molecular flexibility index (Phi) is 9.42. The fraction of sp³-hybridized carbons (Fsp3) is 0.167. The monoisotopic (exact) mass is 566 g/mol. The molecule has 10 nitrogen and oxygen atoms in total. The molecule has 41 heavy (non-hydrogen) atoms. The first-order valence-corrected chi connectivity index (χ1v) is 13.6. The van der Waals surface area contributed by atoms with Crippen molar-refractivity contribution < 1.29 is 4.79 Å². The molecule has 5 aromatic rings. The van der Waals surface area contributed by atoms with E-state index in [1.54, 1.807) is 23.2 Å². The van der Waals surface area contributed by atoms with E-state index >= 15 is 0 Å². The summed E-state index contributed by atoms with van der Waals surface area (Å²) in [6.07, 6.45) is 2.38. The van der Waals surface area contributed by atoms with Gasteiger partial charge in [0.1, 0.15) is 22.9 Å². The van der Waals surface area contributed by atoms with Crippen molar-refractivity contribution in [3.8, 4) is 17.5 Å². The summed E-state index contributed by atoms with van der Waals surface area (Å²) < 4.78 is 3.19. The van der Waals surface area contributed by atoms with E-state index in [-0.39, 0.29) is 17.4 Å². The first-order chi connectivity index (χ1) is 19.9. The third kappa shape index (κ3) is 6.41. The molecule has 0 amide bonds. The summed E-state index contributed by atoms with van der Waals surface area (Å²) in [6, 6.07) is 15.0. The number of anilines is 2. The number of aldehydes is 1. The minimum absolute atomic E-state index is 0.0953. The zero-order valence-electron chi connectivity index (χ0n) is 23.0. The maximum Gasteiger partial charge on any atom is 0.267 e. The van der Waals surface area contributed by atoms with Crippen molar-refractivity contribution in [3.63, 3.8) is 0 Å². The molecule has 0 saturated heterocycles. The second-order valence-electron chi connectivity index (χ2n) is 8.84. The normalized spacial score (nSPS) is 11.1. The lowest BCUT2D eigenvalue weighted by Gasteiger charge is -2.18. The number of nitrogens with one attached hydrogen (secondary N) is 2. The van der Waals surface area contributed by atoms with Crippen LogP contribution in [-0.2, 0) is 7.05 Å². The number of hydrogen-bond acceptors (Lipinski definition) is 9. The molecule has 1 unspecified atom stereocenters. The van der Waals surface area contributed by atoms with Gasteiger partial charge in [-0.1, -0.05) is 36.3 Å². The number of hydrogen-bond donors (Lipinski definition) is 3. The van der Waals surface area contributed by atoms with E-state index in [4.69, 9.17) is 10.7 Å². The summed E-state index contributed by atoms with van der Waals surface area (Å²) >= 11 is 1.49. The number of carbonyl (C=O) groups excluding carboxylic acids is 1. The van der Waals surface area contributed by atoms with Crippen LogP contribution in [0.4, 0.5) is 11.6 Å². The topological polar surface area (TPSA) is 133 Å². The molecule has 0 aliphatic carbocycles.